The largest absolute Gasteiger partial charge is 0.466 e. The number of amides is 1. The third-order valence-electron chi connectivity index (χ3n) is 1.78. The number of anilines is 1. The van der Waals surface area contributed by atoms with Crippen LogP contribution in [-0.4, -0.2) is 28.7 Å². The smallest absolute Gasteiger partial charge is 0.306 e. The number of nitrogens with one attached hydrogen (secondary N) is 1. The van der Waals surface area contributed by atoms with Crippen LogP contribution in [0.5, 0.6) is 0 Å². The average molecular weight is 258 g/mol. The van der Waals surface area contributed by atoms with Crippen molar-refractivity contribution in [3.63, 3.8) is 0 Å². The quantitative estimate of drug-likeness (QED) is 0.700. The van der Waals surface area contributed by atoms with Gasteiger partial charge in [0.1, 0.15) is 5.01 Å². The predicted molar refractivity (Wildman–Crippen MR) is 62.0 cm³/mol. The van der Waals surface area contributed by atoms with Crippen molar-refractivity contribution in [1.29, 1.82) is 0 Å². The summed E-state index contributed by atoms with van der Waals surface area (Å²) in [6.45, 7) is 2.32. The summed E-state index contributed by atoms with van der Waals surface area (Å²) in [5.74, 6) is -0.602. The first kappa shape index (κ1) is 13.4. The van der Waals surface area contributed by atoms with Gasteiger partial charge in [0.05, 0.1) is 19.6 Å². The zero-order chi connectivity index (χ0) is 12.7. The molecule has 0 aliphatic rings. The van der Waals surface area contributed by atoms with Crippen LogP contribution >= 0.6 is 11.3 Å². The second-order valence-electron chi connectivity index (χ2n) is 3.12. The van der Waals surface area contributed by atoms with Gasteiger partial charge in [-0.3, -0.25) is 9.59 Å². The van der Waals surface area contributed by atoms with Gasteiger partial charge < -0.3 is 15.8 Å². The molecule has 0 atom stereocenters. The van der Waals surface area contributed by atoms with Crippen LogP contribution in [0.2, 0.25) is 0 Å². The molecule has 0 radical (unpaired) electrons. The third kappa shape index (κ3) is 5.25. The van der Waals surface area contributed by atoms with E-state index in [1.807, 2.05) is 0 Å². The molecule has 3 N–H and O–H groups in total. The standard InChI is InChI=1S/C9H14N4O3S/c1-2-16-8(15)4-3-6(14)11-5-7-12-13-9(10)17-7/h2-5H2,1H3,(H2,10,13)(H,11,14). The van der Waals surface area contributed by atoms with E-state index in [9.17, 15) is 9.59 Å². The van der Waals surface area contributed by atoms with Crippen molar-refractivity contribution in [2.45, 2.75) is 26.3 Å². The van der Waals surface area contributed by atoms with E-state index >= 15 is 0 Å². The Morgan fingerprint density at radius 2 is 2.18 bits per heavy atom. The summed E-state index contributed by atoms with van der Waals surface area (Å²) >= 11 is 1.21. The first-order valence-corrected chi connectivity index (χ1v) is 5.93. The fraction of sp³-hybridized carbons (Fsp3) is 0.556. The number of rotatable bonds is 6. The summed E-state index contributed by atoms with van der Waals surface area (Å²) in [5.41, 5.74) is 5.39. The molecule has 1 aromatic rings. The average Bonchev–Trinajstić information content (AvgIpc) is 2.70. The van der Waals surface area contributed by atoms with E-state index in [2.05, 4.69) is 15.5 Å². The Bertz CT molecular complexity index is 393. The molecule has 7 nitrogen and oxygen atoms in total. The lowest BCUT2D eigenvalue weighted by atomic mass is 10.3. The zero-order valence-corrected chi connectivity index (χ0v) is 10.2. The molecule has 8 heteroatoms. The fourth-order valence-electron chi connectivity index (χ4n) is 1.05. The SMILES string of the molecule is CCOC(=O)CCC(=O)NCc1nnc(N)s1. The Hall–Kier alpha value is -1.70. The first-order chi connectivity index (χ1) is 8.11. The van der Waals surface area contributed by atoms with Crippen molar-refractivity contribution in [2.75, 3.05) is 12.3 Å². The van der Waals surface area contributed by atoms with Gasteiger partial charge in [-0.15, -0.1) is 10.2 Å². The van der Waals surface area contributed by atoms with E-state index in [0.717, 1.165) is 0 Å². The van der Waals surface area contributed by atoms with Gasteiger partial charge in [0, 0.05) is 6.42 Å². The van der Waals surface area contributed by atoms with Crippen LogP contribution in [0.15, 0.2) is 0 Å². The summed E-state index contributed by atoms with van der Waals surface area (Å²) in [7, 11) is 0. The van der Waals surface area contributed by atoms with E-state index in [0.29, 0.717) is 16.7 Å². The number of carbonyl (C=O) groups excluding carboxylic acids is 2. The van der Waals surface area contributed by atoms with Crippen LogP contribution in [0.25, 0.3) is 0 Å². The molecule has 0 fully saturated rings. The van der Waals surface area contributed by atoms with Crippen LogP contribution in [0.4, 0.5) is 5.13 Å². The summed E-state index contributed by atoms with van der Waals surface area (Å²) in [5, 5.41) is 11.0. The molecule has 0 aliphatic heterocycles. The Morgan fingerprint density at radius 3 is 2.76 bits per heavy atom. The van der Waals surface area contributed by atoms with Crippen molar-refractivity contribution >= 4 is 28.3 Å². The second kappa shape index (κ2) is 6.79. The third-order valence-corrected chi connectivity index (χ3v) is 2.53. The molecule has 0 aromatic carbocycles. The molecule has 0 spiro atoms. The topological polar surface area (TPSA) is 107 Å². The summed E-state index contributed by atoms with van der Waals surface area (Å²) in [4.78, 5) is 22.3. The van der Waals surface area contributed by atoms with Gasteiger partial charge in [0.2, 0.25) is 11.0 Å². The second-order valence-corrected chi connectivity index (χ2v) is 4.21. The molecule has 1 aromatic heterocycles. The first-order valence-electron chi connectivity index (χ1n) is 5.12. The van der Waals surface area contributed by atoms with Crippen LogP contribution in [0.3, 0.4) is 0 Å². The Balaban J connectivity index is 2.19. The van der Waals surface area contributed by atoms with E-state index < -0.39 is 0 Å². The Labute approximate surface area is 102 Å². The Morgan fingerprint density at radius 1 is 1.41 bits per heavy atom. The molecule has 0 unspecified atom stereocenters. The maximum Gasteiger partial charge on any atom is 0.306 e. The van der Waals surface area contributed by atoms with Gasteiger partial charge in [-0.25, -0.2) is 0 Å². The molecule has 0 aliphatic carbocycles. The van der Waals surface area contributed by atoms with E-state index in [1.165, 1.54) is 11.3 Å². The summed E-state index contributed by atoms with van der Waals surface area (Å²) < 4.78 is 4.70. The molecule has 17 heavy (non-hydrogen) atoms. The van der Waals surface area contributed by atoms with Gasteiger partial charge in [-0.1, -0.05) is 11.3 Å². The van der Waals surface area contributed by atoms with Crippen LogP contribution in [-0.2, 0) is 20.9 Å². The lowest BCUT2D eigenvalue weighted by Gasteiger charge is -2.02. The number of aromatic nitrogens is 2. The number of carbonyl (C=O) groups is 2. The summed E-state index contributed by atoms with van der Waals surface area (Å²) in [6.07, 6.45) is 0.186. The highest BCUT2D eigenvalue weighted by Crippen LogP contribution is 2.10. The van der Waals surface area contributed by atoms with Gasteiger partial charge in [0.25, 0.3) is 0 Å². The van der Waals surface area contributed by atoms with E-state index in [4.69, 9.17) is 10.5 Å². The molecular weight excluding hydrogens is 244 g/mol. The Kier molecular flexibility index (Phi) is 5.34. The van der Waals surface area contributed by atoms with Gasteiger partial charge >= 0.3 is 5.97 Å². The predicted octanol–water partition coefficient (Wildman–Crippen LogP) is 0.0798. The molecular formula is C9H14N4O3S. The van der Waals surface area contributed by atoms with Gasteiger partial charge in [-0.2, -0.15) is 0 Å². The van der Waals surface area contributed by atoms with Crippen molar-refractivity contribution in [3.05, 3.63) is 5.01 Å². The van der Waals surface area contributed by atoms with Crippen molar-refractivity contribution in [3.8, 4) is 0 Å². The van der Waals surface area contributed by atoms with Crippen molar-refractivity contribution in [1.82, 2.24) is 15.5 Å². The van der Waals surface area contributed by atoms with Crippen LogP contribution in [0.1, 0.15) is 24.8 Å². The normalized spacial score (nSPS) is 9.94. The van der Waals surface area contributed by atoms with Crippen molar-refractivity contribution < 1.29 is 14.3 Å². The highest BCUT2D eigenvalue weighted by atomic mass is 32.1. The number of hydrogen-bond donors (Lipinski definition) is 2. The lowest BCUT2D eigenvalue weighted by Crippen LogP contribution is -2.23. The minimum Gasteiger partial charge on any atom is -0.466 e. The van der Waals surface area contributed by atoms with Gasteiger partial charge in [0.15, 0.2) is 0 Å². The minimum absolute atomic E-state index is 0.0813. The number of nitrogens with two attached hydrogens (primary N) is 1. The number of nitrogen functional groups attached to an aromatic ring is 1. The molecule has 1 rings (SSSR count). The monoisotopic (exact) mass is 258 g/mol. The van der Waals surface area contributed by atoms with Crippen molar-refractivity contribution in [2.24, 2.45) is 0 Å². The lowest BCUT2D eigenvalue weighted by molar-refractivity contribution is -0.144. The van der Waals surface area contributed by atoms with Crippen LogP contribution < -0.4 is 11.1 Å². The molecule has 0 saturated carbocycles. The maximum atomic E-state index is 11.3. The molecule has 1 heterocycles. The van der Waals surface area contributed by atoms with Crippen LogP contribution in [0, 0.1) is 0 Å². The molecule has 0 saturated heterocycles. The van der Waals surface area contributed by atoms with Gasteiger partial charge in [-0.05, 0) is 6.92 Å². The zero-order valence-electron chi connectivity index (χ0n) is 9.43. The fourth-order valence-corrected chi connectivity index (χ4v) is 1.60. The maximum absolute atomic E-state index is 11.3. The van der Waals surface area contributed by atoms with E-state index in [1.54, 1.807) is 6.92 Å². The molecule has 0 bridgehead atoms. The molecule has 1 amide bonds. The highest BCUT2D eigenvalue weighted by Gasteiger charge is 2.08. The molecule has 94 valence electrons. The number of hydrogen-bond acceptors (Lipinski definition) is 7. The van der Waals surface area contributed by atoms with E-state index in [-0.39, 0.29) is 31.3 Å². The highest BCUT2D eigenvalue weighted by molar-refractivity contribution is 7.15. The number of nitrogens with zero attached hydrogens (tertiary/aromatic N) is 2. The number of esters is 1. The summed E-state index contributed by atoms with van der Waals surface area (Å²) in [6, 6.07) is 0. The number of ether oxygens (including phenoxy) is 1. The minimum atomic E-state index is -0.372.